The highest BCUT2D eigenvalue weighted by Crippen LogP contribution is 2.34. The van der Waals surface area contributed by atoms with E-state index in [9.17, 15) is 4.79 Å². The van der Waals surface area contributed by atoms with Gasteiger partial charge < -0.3 is 15.2 Å². The van der Waals surface area contributed by atoms with Crippen LogP contribution in [0.3, 0.4) is 0 Å². The van der Waals surface area contributed by atoms with Crippen LogP contribution in [0, 0.1) is 0 Å². The number of carboxylic acids is 1. The Hall–Kier alpha value is -1.53. The van der Waals surface area contributed by atoms with E-state index in [0.717, 1.165) is 12.8 Å². The van der Waals surface area contributed by atoms with Crippen molar-refractivity contribution >= 4 is 5.97 Å². The first-order chi connectivity index (χ1) is 8.67. The number of rotatable bonds is 6. The van der Waals surface area contributed by atoms with Gasteiger partial charge in [0.15, 0.2) is 0 Å². The fraction of sp³-hybridized carbons (Fsp3) is 0.583. The number of nitrogens with one attached hydrogen (secondary N) is 1. The van der Waals surface area contributed by atoms with Gasteiger partial charge in [-0.2, -0.15) is 0 Å². The van der Waals surface area contributed by atoms with Crippen molar-refractivity contribution in [3.05, 3.63) is 23.8 Å². The lowest BCUT2D eigenvalue weighted by atomic mass is 9.80. The second kappa shape index (κ2) is 5.41. The molecule has 6 nitrogen and oxygen atoms in total. The first-order valence-electron chi connectivity index (χ1n) is 5.95. The Morgan fingerprint density at radius 3 is 2.94 bits per heavy atom. The van der Waals surface area contributed by atoms with E-state index in [-0.39, 0.29) is 11.2 Å². The van der Waals surface area contributed by atoms with Crippen LogP contribution in [0.1, 0.15) is 35.3 Å². The Kier molecular flexibility index (Phi) is 3.88. The largest absolute Gasteiger partial charge is 0.478 e. The molecule has 1 saturated carbocycles. The summed E-state index contributed by atoms with van der Waals surface area (Å²) in [5.41, 5.74) is 0.573. The number of aromatic carboxylic acids is 1. The Bertz CT molecular complexity index is 427. The molecule has 0 atom stereocenters. The molecule has 0 radical (unpaired) electrons. The quantitative estimate of drug-likeness (QED) is 0.779. The molecule has 18 heavy (non-hydrogen) atoms. The summed E-state index contributed by atoms with van der Waals surface area (Å²) in [5.74, 6) is -1.00. The lowest BCUT2D eigenvalue weighted by molar-refractivity contribution is -0.0695. The highest BCUT2D eigenvalue weighted by Gasteiger charge is 2.36. The second-order valence-corrected chi connectivity index (χ2v) is 4.53. The molecule has 1 aromatic rings. The van der Waals surface area contributed by atoms with Gasteiger partial charge in [-0.25, -0.2) is 14.8 Å². The Morgan fingerprint density at radius 1 is 1.61 bits per heavy atom. The highest BCUT2D eigenvalue weighted by molar-refractivity contribution is 5.88. The Labute approximate surface area is 105 Å². The van der Waals surface area contributed by atoms with Crippen LogP contribution in [-0.4, -0.2) is 40.3 Å². The maximum atomic E-state index is 11.0. The van der Waals surface area contributed by atoms with Crippen LogP contribution in [-0.2, 0) is 11.3 Å². The molecule has 1 aliphatic rings. The normalized spacial score (nSPS) is 17.2. The predicted octanol–water partition coefficient (Wildman–Crippen LogP) is 0.833. The molecule has 2 N–H and O–H groups in total. The maximum absolute atomic E-state index is 11.0. The van der Waals surface area contributed by atoms with Crippen molar-refractivity contribution in [2.45, 2.75) is 31.4 Å². The number of aromatic nitrogens is 2. The SMILES string of the molecule is COC1(CNCc2ncncc2C(=O)O)CCC1. The number of carbonyl (C=O) groups is 1. The van der Waals surface area contributed by atoms with Gasteiger partial charge in [0, 0.05) is 26.4 Å². The van der Waals surface area contributed by atoms with Gasteiger partial charge in [0.1, 0.15) is 11.9 Å². The van der Waals surface area contributed by atoms with Crippen molar-refractivity contribution in [1.29, 1.82) is 0 Å². The lowest BCUT2D eigenvalue weighted by Gasteiger charge is -2.40. The Morgan fingerprint density at radius 2 is 2.39 bits per heavy atom. The first-order valence-corrected chi connectivity index (χ1v) is 5.95. The van der Waals surface area contributed by atoms with Gasteiger partial charge in [-0.3, -0.25) is 0 Å². The molecule has 1 aliphatic carbocycles. The van der Waals surface area contributed by atoms with E-state index in [1.165, 1.54) is 18.9 Å². The zero-order valence-electron chi connectivity index (χ0n) is 10.3. The van der Waals surface area contributed by atoms with Crippen LogP contribution in [0.25, 0.3) is 0 Å². The summed E-state index contributed by atoms with van der Waals surface area (Å²) < 4.78 is 5.48. The third-order valence-corrected chi connectivity index (χ3v) is 3.46. The summed E-state index contributed by atoms with van der Waals surface area (Å²) >= 11 is 0. The molecule has 1 heterocycles. The molecule has 1 aromatic heterocycles. The van der Waals surface area contributed by atoms with Crippen LogP contribution in [0.5, 0.6) is 0 Å². The van der Waals surface area contributed by atoms with E-state index in [1.54, 1.807) is 7.11 Å². The van der Waals surface area contributed by atoms with Crippen LogP contribution in [0.15, 0.2) is 12.5 Å². The van der Waals surface area contributed by atoms with Gasteiger partial charge in [0.05, 0.1) is 11.3 Å². The van der Waals surface area contributed by atoms with Gasteiger partial charge in [-0.1, -0.05) is 0 Å². The zero-order valence-corrected chi connectivity index (χ0v) is 10.3. The average Bonchev–Trinajstić information content (AvgIpc) is 2.33. The minimum Gasteiger partial charge on any atom is -0.478 e. The van der Waals surface area contributed by atoms with Gasteiger partial charge in [-0.15, -0.1) is 0 Å². The number of nitrogens with zero attached hydrogens (tertiary/aromatic N) is 2. The molecule has 0 bridgehead atoms. The summed E-state index contributed by atoms with van der Waals surface area (Å²) in [6.45, 7) is 1.13. The highest BCUT2D eigenvalue weighted by atomic mass is 16.5. The van der Waals surface area contributed by atoms with E-state index < -0.39 is 5.97 Å². The summed E-state index contributed by atoms with van der Waals surface area (Å²) in [6.07, 6.45) is 5.96. The predicted molar refractivity (Wildman–Crippen MR) is 64.3 cm³/mol. The molecule has 0 unspecified atom stereocenters. The molecule has 0 aromatic carbocycles. The topological polar surface area (TPSA) is 84.3 Å². The lowest BCUT2D eigenvalue weighted by Crippen LogP contribution is -2.47. The summed E-state index contributed by atoms with van der Waals surface area (Å²) in [6, 6.07) is 0. The minimum absolute atomic E-state index is 0.0730. The molecule has 1 fully saturated rings. The van der Waals surface area contributed by atoms with Gasteiger partial charge >= 0.3 is 5.97 Å². The smallest absolute Gasteiger partial charge is 0.339 e. The monoisotopic (exact) mass is 251 g/mol. The fourth-order valence-electron chi connectivity index (χ4n) is 2.11. The Balaban J connectivity index is 1.92. The summed E-state index contributed by atoms with van der Waals surface area (Å²) in [5, 5.41) is 12.2. The van der Waals surface area contributed by atoms with Crippen molar-refractivity contribution in [1.82, 2.24) is 15.3 Å². The van der Waals surface area contributed by atoms with E-state index >= 15 is 0 Å². The summed E-state index contributed by atoms with van der Waals surface area (Å²) in [7, 11) is 1.72. The van der Waals surface area contributed by atoms with Crippen molar-refractivity contribution < 1.29 is 14.6 Å². The molecule has 0 spiro atoms. The number of methoxy groups -OCH3 is 1. The van der Waals surface area contributed by atoms with Gasteiger partial charge in [0.2, 0.25) is 0 Å². The van der Waals surface area contributed by atoms with Crippen molar-refractivity contribution in [3.8, 4) is 0 Å². The second-order valence-electron chi connectivity index (χ2n) is 4.53. The van der Waals surface area contributed by atoms with E-state index in [2.05, 4.69) is 15.3 Å². The maximum Gasteiger partial charge on any atom is 0.339 e. The number of hydrogen-bond donors (Lipinski definition) is 2. The van der Waals surface area contributed by atoms with E-state index in [4.69, 9.17) is 9.84 Å². The molecule has 2 rings (SSSR count). The molecular formula is C12H17N3O3. The standard InChI is InChI=1S/C12H17N3O3/c1-18-12(3-2-4-12)7-13-6-10-9(11(16)17)5-14-8-15-10/h5,8,13H,2-4,6-7H2,1H3,(H,16,17). The van der Waals surface area contributed by atoms with Crippen molar-refractivity contribution in [2.24, 2.45) is 0 Å². The minimum atomic E-state index is -1.00. The van der Waals surface area contributed by atoms with Crippen LogP contribution >= 0.6 is 0 Å². The molecule has 6 heteroatoms. The van der Waals surface area contributed by atoms with E-state index in [1.807, 2.05) is 0 Å². The van der Waals surface area contributed by atoms with Crippen LogP contribution < -0.4 is 5.32 Å². The van der Waals surface area contributed by atoms with Gasteiger partial charge in [0.25, 0.3) is 0 Å². The van der Waals surface area contributed by atoms with E-state index in [0.29, 0.717) is 18.8 Å². The van der Waals surface area contributed by atoms with Crippen molar-refractivity contribution in [3.63, 3.8) is 0 Å². The molecule has 98 valence electrons. The molecular weight excluding hydrogens is 234 g/mol. The third kappa shape index (κ3) is 2.65. The molecule has 0 saturated heterocycles. The van der Waals surface area contributed by atoms with Crippen molar-refractivity contribution in [2.75, 3.05) is 13.7 Å². The van der Waals surface area contributed by atoms with Gasteiger partial charge in [-0.05, 0) is 19.3 Å². The van der Waals surface area contributed by atoms with Crippen LogP contribution in [0.2, 0.25) is 0 Å². The zero-order chi connectivity index (χ0) is 13.0. The average molecular weight is 251 g/mol. The first kappa shape index (κ1) is 12.9. The fourth-order valence-corrected chi connectivity index (χ4v) is 2.11. The number of ether oxygens (including phenoxy) is 1. The number of carboxylic acid groups (broad SMARTS) is 1. The summed E-state index contributed by atoms with van der Waals surface area (Å²) in [4.78, 5) is 18.7. The molecule has 0 amide bonds. The number of hydrogen-bond acceptors (Lipinski definition) is 5. The molecule has 0 aliphatic heterocycles. The van der Waals surface area contributed by atoms with Crippen LogP contribution in [0.4, 0.5) is 0 Å². The third-order valence-electron chi connectivity index (χ3n) is 3.46.